The Morgan fingerprint density at radius 3 is 2.57 bits per heavy atom. The molecule has 8 heteroatoms. The number of fused-ring (bicyclic) bond motifs is 2. The summed E-state index contributed by atoms with van der Waals surface area (Å²) in [7, 11) is 0. The van der Waals surface area contributed by atoms with Crippen molar-refractivity contribution in [3.63, 3.8) is 0 Å². The fraction of sp³-hybridized carbons (Fsp3) is 0.310. The minimum atomic E-state index is -1.27. The van der Waals surface area contributed by atoms with Crippen molar-refractivity contribution < 1.29 is 9.90 Å². The number of nitrogens with zero attached hydrogens (tertiary/aromatic N) is 4. The lowest BCUT2D eigenvalue weighted by Crippen LogP contribution is -2.21. The number of anilines is 2. The van der Waals surface area contributed by atoms with E-state index in [0.29, 0.717) is 11.6 Å². The number of nitrogens with one attached hydrogen (secondary N) is 1. The Morgan fingerprint density at radius 1 is 1.00 bits per heavy atom. The second kappa shape index (κ2) is 9.78. The van der Waals surface area contributed by atoms with E-state index < -0.39 is 11.4 Å². The van der Waals surface area contributed by atoms with Gasteiger partial charge < -0.3 is 19.9 Å². The number of carbonyl (C=O) groups is 1. The molecule has 0 atom stereocenters. The van der Waals surface area contributed by atoms with Crippen LogP contribution in [0.2, 0.25) is 0 Å². The summed E-state index contributed by atoms with van der Waals surface area (Å²) < 4.78 is 1.69. The second-order valence-electron chi connectivity index (χ2n) is 9.91. The van der Waals surface area contributed by atoms with Gasteiger partial charge in [0.1, 0.15) is 5.56 Å². The van der Waals surface area contributed by atoms with Gasteiger partial charge in [0.15, 0.2) is 5.65 Å². The van der Waals surface area contributed by atoms with E-state index in [4.69, 9.17) is 0 Å². The number of likely N-dealkylation sites (tertiary alicyclic amines) is 1. The molecule has 0 saturated carbocycles. The molecule has 188 valence electrons. The number of aromatic nitrogens is 3. The average Bonchev–Trinajstić information content (AvgIpc) is 3.60. The van der Waals surface area contributed by atoms with E-state index in [1.165, 1.54) is 55.0 Å². The van der Waals surface area contributed by atoms with Crippen LogP contribution in [0, 0.1) is 0 Å². The van der Waals surface area contributed by atoms with Crippen LogP contribution >= 0.6 is 0 Å². The molecule has 37 heavy (non-hydrogen) atoms. The number of rotatable bonds is 7. The van der Waals surface area contributed by atoms with Gasteiger partial charge >= 0.3 is 5.97 Å². The number of aryl methyl sites for hydroxylation is 2. The Balaban J connectivity index is 1.32. The number of benzene rings is 2. The molecule has 2 aliphatic rings. The highest BCUT2D eigenvalue weighted by molar-refractivity contribution is 5.92. The molecule has 0 radical (unpaired) electrons. The highest BCUT2D eigenvalue weighted by Crippen LogP contribution is 2.26. The highest BCUT2D eigenvalue weighted by Gasteiger charge is 2.19. The van der Waals surface area contributed by atoms with E-state index in [1.807, 2.05) is 18.2 Å². The zero-order chi connectivity index (χ0) is 25.4. The lowest BCUT2D eigenvalue weighted by atomic mass is 10.1. The van der Waals surface area contributed by atoms with Crippen molar-refractivity contribution in [1.29, 1.82) is 0 Å². The summed E-state index contributed by atoms with van der Waals surface area (Å²) in [5.74, 6) is -0.927. The van der Waals surface area contributed by atoms with Crippen molar-refractivity contribution >= 4 is 28.6 Å². The molecule has 8 nitrogen and oxygen atoms in total. The number of hydrogen-bond donors (Lipinski definition) is 2. The first-order chi connectivity index (χ1) is 18.0. The van der Waals surface area contributed by atoms with Gasteiger partial charge in [-0.05, 0) is 92.6 Å². The van der Waals surface area contributed by atoms with Gasteiger partial charge in [-0.25, -0.2) is 9.78 Å². The smallest absolute Gasteiger partial charge is 0.341 e. The maximum absolute atomic E-state index is 12.9. The van der Waals surface area contributed by atoms with Crippen LogP contribution in [0.5, 0.6) is 0 Å². The van der Waals surface area contributed by atoms with E-state index in [0.717, 1.165) is 43.6 Å². The zero-order valence-corrected chi connectivity index (χ0v) is 20.6. The first kappa shape index (κ1) is 23.4. The number of hydrogen-bond acceptors (Lipinski definition) is 6. The standard InChI is InChI=1S/C29H29N5O3/c35-26-24-17-30-29(31-22-9-6-19(7-10-22)12-15-33-13-1-2-14-33)32-27(24)34(18-25(26)28(36)37)23-11-8-20-4-3-5-21(20)16-23/h6-11,16-18H,1-5,12-15H2,(H,36,37)(H,30,31,32). The molecule has 6 rings (SSSR count). The monoisotopic (exact) mass is 495 g/mol. The predicted octanol–water partition coefficient (Wildman–Crippen LogP) is 4.35. The molecule has 1 aliphatic heterocycles. The molecule has 4 aromatic rings. The number of aromatic carboxylic acids is 1. The van der Waals surface area contributed by atoms with Crippen LogP contribution in [0.4, 0.5) is 11.6 Å². The predicted molar refractivity (Wildman–Crippen MR) is 143 cm³/mol. The summed E-state index contributed by atoms with van der Waals surface area (Å²) in [6.45, 7) is 3.48. The molecule has 1 fully saturated rings. The minimum Gasteiger partial charge on any atom is -0.477 e. The van der Waals surface area contributed by atoms with Crippen molar-refractivity contribution in [3.8, 4) is 5.69 Å². The van der Waals surface area contributed by atoms with Gasteiger partial charge in [0, 0.05) is 30.3 Å². The van der Waals surface area contributed by atoms with Gasteiger partial charge in [0.25, 0.3) is 0 Å². The molecule has 1 saturated heterocycles. The van der Waals surface area contributed by atoms with Crippen LogP contribution in [-0.4, -0.2) is 50.1 Å². The largest absolute Gasteiger partial charge is 0.477 e. The quantitative estimate of drug-likeness (QED) is 0.393. The third-order valence-electron chi connectivity index (χ3n) is 7.46. The molecule has 0 unspecified atom stereocenters. The van der Waals surface area contributed by atoms with Crippen molar-refractivity contribution in [1.82, 2.24) is 19.4 Å². The maximum Gasteiger partial charge on any atom is 0.341 e. The van der Waals surface area contributed by atoms with Crippen LogP contribution in [-0.2, 0) is 19.3 Å². The summed E-state index contributed by atoms with van der Waals surface area (Å²) in [5.41, 5.74) is 4.94. The normalized spacial score (nSPS) is 15.2. The summed E-state index contributed by atoms with van der Waals surface area (Å²) in [6.07, 6.45) is 9.54. The molecule has 2 aromatic carbocycles. The van der Waals surface area contributed by atoms with Crippen molar-refractivity contribution in [3.05, 3.63) is 87.3 Å². The van der Waals surface area contributed by atoms with E-state index in [1.54, 1.807) is 4.57 Å². The fourth-order valence-electron chi connectivity index (χ4n) is 5.41. The SMILES string of the molecule is O=C(O)c1cn(-c2ccc3c(c2)CCC3)c2nc(Nc3ccc(CCN4CCCC4)cc3)ncc2c1=O. The van der Waals surface area contributed by atoms with E-state index in [-0.39, 0.29) is 10.9 Å². The third-order valence-corrected chi connectivity index (χ3v) is 7.46. The maximum atomic E-state index is 12.9. The van der Waals surface area contributed by atoms with Crippen LogP contribution in [0.15, 0.2) is 59.7 Å². The van der Waals surface area contributed by atoms with Crippen molar-refractivity contribution in [2.24, 2.45) is 0 Å². The van der Waals surface area contributed by atoms with Crippen LogP contribution in [0.1, 0.15) is 46.3 Å². The van der Waals surface area contributed by atoms with E-state index in [9.17, 15) is 14.7 Å². The summed E-state index contributed by atoms with van der Waals surface area (Å²) >= 11 is 0. The molecule has 0 spiro atoms. The third kappa shape index (κ3) is 4.72. The Morgan fingerprint density at radius 2 is 1.78 bits per heavy atom. The van der Waals surface area contributed by atoms with Gasteiger partial charge in [-0.3, -0.25) is 4.79 Å². The Kier molecular flexibility index (Phi) is 6.18. The summed E-state index contributed by atoms with van der Waals surface area (Å²) in [6, 6.07) is 14.3. The van der Waals surface area contributed by atoms with Gasteiger partial charge in [-0.2, -0.15) is 4.98 Å². The first-order valence-corrected chi connectivity index (χ1v) is 12.9. The Bertz CT molecular complexity index is 1540. The van der Waals surface area contributed by atoms with Crippen molar-refractivity contribution in [2.75, 3.05) is 25.0 Å². The zero-order valence-electron chi connectivity index (χ0n) is 20.6. The van der Waals surface area contributed by atoms with Crippen molar-refractivity contribution in [2.45, 2.75) is 38.5 Å². The first-order valence-electron chi connectivity index (χ1n) is 12.9. The lowest BCUT2D eigenvalue weighted by Gasteiger charge is -2.15. The van der Waals surface area contributed by atoms with Crippen LogP contribution < -0.4 is 10.7 Å². The average molecular weight is 496 g/mol. The lowest BCUT2D eigenvalue weighted by molar-refractivity contribution is 0.0695. The molecular formula is C29H29N5O3. The van der Waals surface area contributed by atoms with E-state index in [2.05, 4.69) is 44.5 Å². The number of carboxylic acids is 1. The number of pyridine rings is 1. The van der Waals surface area contributed by atoms with E-state index >= 15 is 0 Å². The summed E-state index contributed by atoms with van der Waals surface area (Å²) in [4.78, 5) is 36.2. The second-order valence-corrected chi connectivity index (χ2v) is 9.91. The minimum absolute atomic E-state index is 0.170. The topological polar surface area (TPSA) is 100 Å². The molecule has 2 aromatic heterocycles. The van der Waals surface area contributed by atoms with Gasteiger partial charge in [0.2, 0.25) is 11.4 Å². The molecule has 0 bridgehead atoms. The van der Waals surface area contributed by atoms with Crippen LogP contribution in [0.3, 0.4) is 0 Å². The van der Waals surface area contributed by atoms with Crippen LogP contribution in [0.25, 0.3) is 16.7 Å². The Hall–Kier alpha value is -4.04. The fourth-order valence-corrected chi connectivity index (χ4v) is 5.41. The molecular weight excluding hydrogens is 466 g/mol. The van der Waals surface area contributed by atoms with Gasteiger partial charge in [-0.1, -0.05) is 18.2 Å². The molecule has 1 aliphatic carbocycles. The Labute approximate surface area is 214 Å². The van der Waals surface area contributed by atoms with Gasteiger partial charge in [0.05, 0.1) is 5.39 Å². The molecule has 0 amide bonds. The molecule has 3 heterocycles. The summed E-state index contributed by atoms with van der Waals surface area (Å²) in [5, 5.41) is 13.1. The van der Waals surface area contributed by atoms with Gasteiger partial charge in [-0.15, -0.1) is 0 Å². The molecule has 2 N–H and O–H groups in total. The number of carboxylic acid groups (broad SMARTS) is 1. The highest BCUT2D eigenvalue weighted by atomic mass is 16.4.